The zero-order chi connectivity index (χ0) is 19.4. The Morgan fingerprint density at radius 1 is 1.07 bits per heavy atom. The normalized spacial score (nSPS) is 11.4. The molecule has 0 unspecified atom stereocenters. The van der Waals surface area contributed by atoms with Crippen LogP contribution in [-0.2, 0) is 10.2 Å². The maximum Gasteiger partial charge on any atom is 0.277 e. The molecule has 1 N–H and O–H groups in total. The number of halogens is 1. The summed E-state index contributed by atoms with van der Waals surface area (Å²) in [6.07, 6.45) is 0. The van der Waals surface area contributed by atoms with E-state index >= 15 is 0 Å². The number of anilines is 1. The number of rotatable bonds is 5. The van der Waals surface area contributed by atoms with Crippen molar-refractivity contribution in [2.24, 2.45) is 0 Å². The summed E-state index contributed by atoms with van der Waals surface area (Å²) in [6.45, 7) is 6.46. The molecule has 1 aromatic heterocycles. The predicted octanol–water partition coefficient (Wildman–Crippen LogP) is 4.90. The van der Waals surface area contributed by atoms with Gasteiger partial charge in [-0.25, -0.2) is 4.39 Å². The molecule has 0 fully saturated rings. The molecule has 0 aliphatic rings. The molecule has 140 valence electrons. The first-order chi connectivity index (χ1) is 12.8. The topological polar surface area (TPSA) is 68.0 Å². The fourth-order valence-electron chi connectivity index (χ4n) is 2.36. The molecule has 0 radical (unpaired) electrons. The van der Waals surface area contributed by atoms with Gasteiger partial charge in [-0.05, 0) is 47.4 Å². The Morgan fingerprint density at radius 2 is 1.74 bits per heavy atom. The molecule has 7 heteroatoms. The van der Waals surface area contributed by atoms with Gasteiger partial charge >= 0.3 is 0 Å². The van der Waals surface area contributed by atoms with E-state index in [1.807, 2.05) is 24.3 Å². The lowest BCUT2D eigenvalue weighted by Gasteiger charge is -2.18. The zero-order valence-electron chi connectivity index (χ0n) is 15.3. The van der Waals surface area contributed by atoms with Crippen LogP contribution in [-0.4, -0.2) is 21.9 Å². The fourth-order valence-corrected chi connectivity index (χ4v) is 2.92. The van der Waals surface area contributed by atoms with Crippen molar-refractivity contribution < 1.29 is 13.6 Å². The van der Waals surface area contributed by atoms with E-state index in [0.717, 1.165) is 17.3 Å². The lowest BCUT2D eigenvalue weighted by molar-refractivity contribution is -0.113. The van der Waals surface area contributed by atoms with Crippen molar-refractivity contribution in [1.29, 1.82) is 0 Å². The second kappa shape index (κ2) is 7.92. The lowest BCUT2D eigenvalue weighted by atomic mass is 9.87. The number of thioether (sulfide) groups is 1. The van der Waals surface area contributed by atoms with E-state index in [9.17, 15) is 9.18 Å². The van der Waals surface area contributed by atoms with Gasteiger partial charge in [0.05, 0.1) is 5.75 Å². The Hall–Kier alpha value is -2.67. The number of carbonyl (C=O) groups excluding carboxylic acids is 1. The Kier molecular flexibility index (Phi) is 5.60. The summed E-state index contributed by atoms with van der Waals surface area (Å²) in [5.41, 5.74) is 2.66. The minimum atomic E-state index is -0.351. The summed E-state index contributed by atoms with van der Waals surface area (Å²) in [7, 11) is 0. The molecule has 0 aliphatic carbocycles. The average Bonchev–Trinajstić information content (AvgIpc) is 3.10. The van der Waals surface area contributed by atoms with Crippen LogP contribution in [0, 0.1) is 5.82 Å². The maximum absolute atomic E-state index is 12.9. The van der Waals surface area contributed by atoms with Crippen LogP contribution < -0.4 is 5.32 Å². The smallest absolute Gasteiger partial charge is 0.277 e. The van der Waals surface area contributed by atoms with Gasteiger partial charge in [0.1, 0.15) is 5.82 Å². The summed E-state index contributed by atoms with van der Waals surface area (Å²) in [5, 5.41) is 11.0. The molecule has 0 saturated carbocycles. The number of hydrogen-bond acceptors (Lipinski definition) is 5. The van der Waals surface area contributed by atoms with Crippen molar-refractivity contribution in [2.75, 3.05) is 11.1 Å². The highest BCUT2D eigenvalue weighted by molar-refractivity contribution is 7.99. The van der Waals surface area contributed by atoms with E-state index < -0.39 is 0 Å². The van der Waals surface area contributed by atoms with Crippen LogP contribution in [0.1, 0.15) is 26.3 Å². The molecule has 2 aromatic carbocycles. The first-order valence-electron chi connectivity index (χ1n) is 8.44. The molecule has 3 aromatic rings. The molecule has 0 bridgehead atoms. The highest BCUT2D eigenvalue weighted by atomic mass is 32.2. The van der Waals surface area contributed by atoms with E-state index in [2.05, 4.69) is 36.3 Å². The highest BCUT2D eigenvalue weighted by Crippen LogP contribution is 2.27. The monoisotopic (exact) mass is 385 g/mol. The number of hydrogen-bond donors (Lipinski definition) is 1. The number of amides is 1. The average molecular weight is 385 g/mol. The standard InChI is InChI=1S/C20H20FN3O2S/c1-20(2,3)14-6-4-13(5-7-14)18-23-24-19(26-18)27-12-17(25)22-16-10-8-15(21)9-11-16/h4-11H,12H2,1-3H3,(H,22,25). The molecule has 0 saturated heterocycles. The Labute approximate surface area is 161 Å². The molecular formula is C20H20FN3O2S. The van der Waals surface area contributed by atoms with Crippen molar-refractivity contribution in [3.8, 4) is 11.5 Å². The van der Waals surface area contributed by atoms with Gasteiger partial charge in [0.15, 0.2) is 0 Å². The van der Waals surface area contributed by atoms with Crippen LogP contribution >= 0.6 is 11.8 Å². The van der Waals surface area contributed by atoms with E-state index in [1.54, 1.807) is 0 Å². The molecule has 0 aliphatic heterocycles. The van der Waals surface area contributed by atoms with Gasteiger partial charge in [0.25, 0.3) is 5.22 Å². The second-order valence-electron chi connectivity index (χ2n) is 7.04. The largest absolute Gasteiger partial charge is 0.411 e. The van der Waals surface area contributed by atoms with Gasteiger partial charge in [0, 0.05) is 11.3 Å². The summed E-state index contributed by atoms with van der Waals surface area (Å²) in [4.78, 5) is 12.0. The molecule has 0 spiro atoms. The minimum absolute atomic E-state index is 0.0757. The van der Waals surface area contributed by atoms with Crippen LogP contribution in [0.5, 0.6) is 0 Å². The predicted molar refractivity (Wildman–Crippen MR) is 104 cm³/mol. The van der Waals surface area contributed by atoms with Crippen LogP contribution in [0.15, 0.2) is 58.2 Å². The summed E-state index contributed by atoms with van der Waals surface area (Å²) < 4.78 is 18.5. The molecule has 5 nitrogen and oxygen atoms in total. The third kappa shape index (κ3) is 5.17. The SMILES string of the molecule is CC(C)(C)c1ccc(-c2nnc(SCC(=O)Nc3ccc(F)cc3)o2)cc1. The molecule has 27 heavy (non-hydrogen) atoms. The van der Waals surface area contributed by atoms with Crippen LogP contribution in [0.2, 0.25) is 0 Å². The van der Waals surface area contributed by atoms with Gasteiger partial charge < -0.3 is 9.73 Å². The zero-order valence-corrected chi connectivity index (χ0v) is 16.1. The summed E-state index contributed by atoms with van der Waals surface area (Å²) >= 11 is 1.15. The van der Waals surface area contributed by atoms with Crippen molar-refractivity contribution >= 4 is 23.4 Å². The second-order valence-corrected chi connectivity index (χ2v) is 7.97. The third-order valence-corrected chi connectivity index (χ3v) is 4.68. The fraction of sp³-hybridized carbons (Fsp3) is 0.250. The number of nitrogens with zero attached hydrogens (tertiary/aromatic N) is 2. The minimum Gasteiger partial charge on any atom is -0.411 e. The number of carbonyl (C=O) groups is 1. The molecule has 3 rings (SSSR count). The van der Waals surface area contributed by atoms with Crippen molar-refractivity contribution in [1.82, 2.24) is 10.2 Å². The Balaban J connectivity index is 1.57. The van der Waals surface area contributed by atoms with Gasteiger partial charge in [0.2, 0.25) is 11.8 Å². The lowest BCUT2D eigenvalue weighted by Crippen LogP contribution is -2.13. The van der Waals surface area contributed by atoms with Crippen molar-refractivity contribution in [3.05, 3.63) is 59.9 Å². The molecule has 1 heterocycles. The van der Waals surface area contributed by atoms with Gasteiger partial charge in [-0.3, -0.25) is 4.79 Å². The van der Waals surface area contributed by atoms with Gasteiger partial charge in [-0.2, -0.15) is 0 Å². The summed E-state index contributed by atoms with van der Waals surface area (Å²) in [5.74, 6) is -0.0591. The van der Waals surface area contributed by atoms with Crippen LogP contribution in [0.25, 0.3) is 11.5 Å². The molecule has 1 amide bonds. The summed E-state index contributed by atoms with van der Waals surface area (Å²) in [6, 6.07) is 13.6. The first kappa shape index (κ1) is 19.1. The van der Waals surface area contributed by atoms with Crippen LogP contribution in [0.3, 0.4) is 0 Å². The number of nitrogens with one attached hydrogen (secondary N) is 1. The van der Waals surface area contributed by atoms with Crippen LogP contribution in [0.4, 0.5) is 10.1 Å². The first-order valence-corrected chi connectivity index (χ1v) is 9.42. The van der Waals surface area contributed by atoms with Crippen molar-refractivity contribution in [2.45, 2.75) is 31.4 Å². The number of benzene rings is 2. The third-order valence-electron chi connectivity index (χ3n) is 3.86. The van der Waals surface area contributed by atoms with E-state index in [1.165, 1.54) is 29.8 Å². The maximum atomic E-state index is 12.9. The highest BCUT2D eigenvalue weighted by Gasteiger charge is 2.15. The van der Waals surface area contributed by atoms with E-state index in [0.29, 0.717) is 16.8 Å². The Morgan fingerprint density at radius 3 is 2.37 bits per heavy atom. The quantitative estimate of drug-likeness (QED) is 0.633. The number of aromatic nitrogens is 2. The van der Waals surface area contributed by atoms with Gasteiger partial charge in [-0.1, -0.05) is 44.7 Å². The van der Waals surface area contributed by atoms with E-state index in [-0.39, 0.29) is 22.9 Å². The molecular weight excluding hydrogens is 365 g/mol. The van der Waals surface area contributed by atoms with Gasteiger partial charge in [-0.15, -0.1) is 10.2 Å². The Bertz CT molecular complexity index is 916. The molecule has 0 atom stereocenters. The van der Waals surface area contributed by atoms with E-state index in [4.69, 9.17) is 4.42 Å². The van der Waals surface area contributed by atoms with Crippen molar-refractivity contribution in [3.63, 3.8) is 0 Å².